The number of aryl methyl sites for hydroxylation is 1. The van der Waals surface area contributed by atoms with Crippen molar-refractivity contribution in [2.75, 3.05) is 0 Å². The van der Waals surface area contributed by atoms with Crippen LogP contribution in [0.25, 0.3) is 0 Å². The van der Waals surface area contributed by atoms with Gasteiger partial charge in [0, 0.05) is 0 Å². The highest BCUT2D eigenvalue weighted by atomic mass is 16.3. The van der Waals surface area contributed by atoms with Crippen LogP contribution < -0.4 is 0 Å². The zero-order chi connectivity index (χ0) is 15.4. The number of benzene rings is 1. The molecule has 21 heavy (non-hydrogen) atoms. The first-order valence-electron chi connectivity index (χ1n) is 8.30. The van der Waals surface area contributed by atoms with Crippen LogP contribution in [0.15, 0.2) is 30.4 Å². The van der Waals surface area contributed by atoms with Crippen molar-refractivity contribution in [1.29, 1.82) is 0 Å². The smallest absolute Gasteiger partial charge is 0.0829 e. The molecule has 0 saturated heterocycles. The van der Waals surface area contributed by atoms with Gasteiger partial charge in [0.15, 0.2) is 0 Å². The molecule has 0 aromatic heterocycles. The molecular weight excluding hydrogens is 256 g/mol. The molecule has 0 radical (unpaired) electrons. The van der Waals surface area contributed by atoms with E-state index in [1.165, 1.54) is 16.7 Å². The van der Waals surface area contributed by atoms with Gasteiger partial charge in [-0.05, 0) is 72.1 Å². The van der Waals surface area contributed by atoms with Crippen LogP contribution in [0.2, 0.25) is 0 Å². The molecule has 0 spiro atoms. The Morgan fingerprint density at radius 1 is 1.24 bits per heavy atom. The molecular formula is C20H28O. The minimum atomic E-state index is -0.681. The number of aliphatic hydroxyl groups is 1. The average Bonchev–Trinajstić information content (AvgIpc) is 2.43. The van der Waals surface area contributed by atoms with E-state index >= 15 is 0 Å². The predicted octanol–water partition coefficient (Wildman–Crippen LogP) is 4.73. The van der Waals surface area contributed by atoms with E-state index in [1.54, 1.807) is 0 Å². The Balaban J connectivity index is 2.05. The van der Waals surface area contributed by atoms with Crippen molar-refractivity contribution in [1.82, 2.24) is 0 Å². The molecule has 1 nitrogen and oxygen atoms in total. The van der Waals surface area contributed by atoms with E-state index in [9.17, 15) is 5.11 Å². The summed E-state index contributed by atoms with van der Waals surface area (Å²) in [5.41, 5.74) is 4.99. The minimum absolute atomic E-state index is 0.155. The van der Waals surface area contributed by atoms with Gasteiger partial charge in [-0.1, -0.05) is 45.5 Å². The topological polar surface area (TPSA) is 20.2 Å². The first kappa shape index (κ1) is 14.8. The highest BCUT2D eigenvalue weighted by molar-refractivity contribution is 5.44. The Labute approximate surface area is 129 Å². The summed E-state index contributed by atoms with van der Waals surface area (Å²) in [6, 6.07) is 7.06. The summed E-state index contributed by atoms with van der Waals surface area (Å²) in [4.78, 5) is 0. The normalized spacial score (nSPS) is 35.5. The summed E-state index contributed by atoms with van der Waals surface area (Å²) in [5, 5.41) is 10.6. The van der Waals surface area contributed by atoms with Gasteiger partial charge in [0.05, 0.1) is 5.60 Å². The van der Waals surface area contributed by atoms with Crippen molar-refractivity contribution >= 4 is 0 Å². The first-order chi connectivity index (χ1) is 9.75. The van der Waals surface area contributed by atoms with Crippen LogP contribution in [0.3, 0.4) is 0 Å². The molecule has 3 rings (SSSR count). The van der Waals surface area contributed by atoms with Crippen LogP contribution in [-0.4, -0.2) is 10.7 Å². The fourth-order valence-electron chi connectivity index (χ4n) is 4.45. The maximum atomic E-state index is 10.6. The standard InChI is InChI=1S/C20H28O/c1-13(2)15-6-9-18-16(12-15)7-8-17-14(3)20(5,21)11-10-19(17,18)4/h6,9,12-13,17,21H,3,7-8,10-11H2,1-2,4-5H3/t17-,19-,20+/m1/s1. The van der Waals surface area contributed by atoms with E-state index in [1.807, 2.05) is 6.92 Å². The molecule has 0 amide bonds. The zero-order valence-electron chi connectivity index (χ0n) is 13.9. The largest absolute Gasteiger partial charge is 0.386 e. The Morgan fingerprint density at radius 3 is 2.62 bits per heavy atom. The van der Waals surface area contributed by atoms with Crippen molar-refractivity contribution in [3.63, 3.8) is 0 Å². The highest BCUT2D eigenvalue weighted by Crippen LogP contribution is 2.54. The summed E-state index contributed by atoms with van der Waals surface area (Å²) >= 11 is 0. The molecule has 1 heteroatoms. The van der Waals surface area contributed by atoms with Crippen molar-refractivity contribution in [2.45, 2.75) is 70.3 Å². The molecule has 1 N–H and O–H groups in total. The third kappa shape index (κ3) is 2.17. The van der Waals surface area contributed by atoms with E-state index in [0.717, 1.165) is 31.3 Å². The monoisotopic (exact) mass is 284 g/mol. The Kier molecular flexibility index (Phi) is 3.33. The van der Waals surface area contributed by atoms with E-state index in [-0.39, 0.29) is 5.41 Å². The molecule has 1 fully saturated rings. The first-order valence-corrected chi connectivity index (χ1v) is 8.30. The van der Waals surface area contributed by atoms with Crippen molar-refractivity contribution < 1.29 is 5.11 Å². The number of fused-ring (bicyclic) bond motifs is 3. The third-order valence-electron chi connectivity index (χ3n) is 6.13. The molecule has 1 aromatic carbocycles. The lowest BCUT2D eigenvalue weighted by Gasteiger charge is -2.52. The summed E-state index contributed by atoms with van der Waals surface area (Å²) < 4.78 is 0. The number of hydrogen-bond acceptors (Lipinski definition) is 1. The maximum Gasteiger partial charge on any atom is 0.0829 e. The van der Waals surface area contributed by atoms with Gasteiger partial charge in [-0.25, -0.2) is 0 Å². The average molecular weight is 284 g/mol. The Bertz CT molecular complexity index is 582. The van der Waals surface area contributed by atoms with Crippen molar-refractivity contribution in [2.24, 2.45) is 5.92 Å². The van der Waals surface area contributed by atoms with E-state index in [2.05, 4.69) is 45.5 Å². The van der Waals surface area contributed by atoms with Crippen LogP contribution in [0.1, 0.15) is 69.6 Å². The Hall–Kier alpha value is -1.08. The fourth-order valence-corrected chi connectivity index (χ4v) is 4.45. The lowest BCUT2D eigenvalue weighted by molar-refractivity contribution is 0.0264. The molecule has 1 saturated carbocycles. The van der Waals surface area contributed by atoms with Gasteiger partial charge in [-0.2, -0.15) is 0 Å². The van der Waals surface area contributed by atoms with Crippen molar-refractivity contribution in [3.8, 4) is 0 Å². The molecule has 2 aliphatic carbocycles. The molecule has 0 heterocycles. The predicted molar refractivity (Wildman–Crippen MR) is 88.7 cm³/mol. The van der Waals surface area contributed by atoms with E-state index in [4.69, 9.17) is 0 Å². The number of hydrogen-bond donors (Lipinski definition) is 1. The van der Waals surface area contributed by atoms with Gasteiger partial charge in [-0.3, -0.25) is 0 Å². The summed E-state index contributed by atoms with van der Waals surface area (Å²) in [7, 11) is 0. The quantitative estimate of drug-likeness (QED) is 0.739. The molecule has 3 atom stereocenters. The van der Waals surface area contributed by atoms with E-state index in [0.29, 0.717) is 11.8 Å². The van der Waals surface area contributed by atoms with Crippen LogP contribution >= 0.6 is 0 Å². The van der Waals surface area contributed by atoms with Crippen LogP contribution in [-0.2, 0) is 11.8 Å². The molecule has 114 valence electrons. The zero-order valence-corrected chi connectivity index (χ0v) is 13.9. The highest BCUT2D eigenvalue weighted by Gasteiger charge is 2.49. The van der Waals surface area contributed by atoms with Gasteiger partial charge >= 0.3 is 0 Å². The SMILES string of the molecule is C=C1[C@H]2CCc3cc(C(C)C)ccc3[C@]2(C)CC[C@]1(C)O. The van der Waals surface area contributed by atoms with Crippen LogP contribution in [0.5, 0.6) is 0 Å². The Morgan fingerprint density at radius 2 is 1.95 bits per heavy atom. The van der Waals surface area contributed by atoms with Gasteiger partial charge in [-0.15, -0.1) is 0 Å². The lowest BCUT2D eigenvalue weighted by atomic mass is 9.54. The summed E-state index contributed by atoms with van der Waals surface area (Å²) in [5.74, 6) is 1.00. The van der Waals surface area contributed by atoms with Crippen molar-refractivity contribution in [3.05, 3.63) is 47.0 Å². The van der Waals surface area contributed by atoms with Gasteiger partial charge in [0.1, 0.15) is 0 Å². The summed E-state index contributed by atoms with van der Waals surface area (Å²) in [6.07, 6.45) is 4.12. The second-order valence-corrected chi connectivity index (χ2v) is 7.88. The van der Waals surface area contributed by atoms with Crippen LogP contribution in [0, 0.1) is 5.92 Å². The van der Waals surface area contributed by atoms with Gasteiger partial charge in [0.2, 0.25) is 0 Å². The second kappa shape index (κ2) is 4.71. The third-order valence-corrected chi connectivity index (χ3v) is 6.13. The molecule has 1 aromatic rings. The molecule has 0 bridgehead atoms. The molecule has 0 aliphatic heterocycles. The van der Waals surface area contributed by atoms with Gasteiger partial charge in [0.25, 0.3) is 0 Å². The second-order valence-electron chi connectivity index (χ2n) is 7.88. The summed E-state index contributed by atoms with van der Waals surface area (Å²) in [6.45, 7) is 13.1. The molecule has 0 unspecified atom stereocenters. The molecule has 2 aliphatic rings. The number of rotatable bonds is 1. The van der Waals surface area contributed by atoms with Crippen LogP contribution in [0.4, 0.5) is 0 Å². The van der Waals surface area contributed by atoms with E-state index < -0.39 is 5.60 Å². The minimum Gasteiger partial charge on any atom is -0.386 e. The fraction of sp³-hybridized carbons (Fsp3) is 0.600. The van der Waals surface area contributed by atoms with Gasteiger partial charge < -0.3 is 5.11 Å². The maximum absolute atomic E-state index is 10.6. The lowest BCUT2D eigenvalue weighted by Crippen LogP contribution is -2.49.